The van der Waals surface area contributed by atoms with Crippen LogP contribution in [0.3, 0.4) is 0 Å². The number of halogens is 1. The highest BCUT2D eigenvalue weighted by atomic mass is 35.5. The second kappa shape index (κ2) is 4.15. The molecule has 2 rings (SSSR count). The van der Waals surface area contributed by atoms with Crippen molar-refractivity contribution in [2.24, 2.45) is 0 Å². The van der Waals surface area contributed by atoms with E-state index in [0.29, 0.717) is 11.4 Å². The van der Waals surface area contributed by atoms with Gasteiger partial charge in [0.05, 0.1) is 17.0 Å². The molecule has 0 atom stereocenters. The predicted octanol–water partition coefficient (Wildman–Crippen LogP) is 3.23. The van der Waals surface area contributed by atoms with Crippen molar-refractivity contribution in [3.63, 3.8) is 0 Å². The van der Waals surface area contributed by atoms with Gasteiger partial charge in [-0.15, -0.1) is 11.6 Å². The Kier molecular flexibility index (Phi) is 2.84. The third-order valence-corrected chi connectivity index (χ3v) is 2.79. The molecule has 0 aliphatic carbocycles. The van der Waals surface area contributed by atoms with Gasteiger partial charge in [-0.3, -0.25) is 0 Å². The summed E-state index contributed by atoms with van der Waals surface area (Å²) >= 11 is 5.88. The van der Waals surface area contributed by atoms with E-state index < -0.39 is 0 Å². The first-order chi connectivity index (χ1) is 7.69. The van der Waals surface area contributed by atoms with Crippen molar-refractivity contribution in [1.29, 1.82) is 5.26 Å². The average molecular weight is 234 g/mol. The van der Waals surface area contributed by atoms with Gasteiger partial charge in [0.25, 0.3) is 0 Å². The van der Waals surface area contributed by atoms with Crippen molar-refractivity contribution in [2.75, 3.05) is 0 Å². The maximum absolute atomic E-state index is 9.01. The highest BCUT2D eigenvalue weighted by Crippen LogP contribution is 2.24. The normalized spacial score (nSPS) is 10.9. The van der Waals surface area contributed by atoms with Gasteiger partial charge in [0.2, 0.25) is 0 Å². The maximum Gasteiger partial charge on any atom is 0.125 e. The van der Waals surface area contributed by atoms with E-state index in [1.165, 1.54) is 0 Å². The fourth-order valence-electron chi connectivity index (χ4n) is 1.93. The largest absolute Gasteiger partial charge is 0.324 e. The number of aromatic nitrogens is 2. The lowest BCUT2D eigenvalue weighted by atomic mass is 10.2. The number of nitriles is 1. The Balaban J connectivity index is 2.83. The smallest absolute Gasteiger partial charge is 0.125 e. The minimum Gasteiger partial charge on any atom is -0.324 e. The SMILES string of the molecule is CC(C)n1c(CCl)nc2c(C#N)cccc21. The summed E-state index contributed by atoms with van der Waals surface area (Å²) in [6.07, 6.45) is 0. The summed E-state index contributed by atoms with van der Waals surface area (Å²) in [6.45, 7) is 4.16. The first-order valence-electron chi connectivity index (χ1n) is 5.15. The van der Waals surface area contributed by atoms with Gasteiger partial charge in [-0.1, -0.05) is 6.07 Å². The number of para-hydroxylation sites is 1. The summed E-state index contributed by atoms with van der Waals surface area (Å²) in [4.78, 5) is 4.43. The van der Waals surface area contributed by atoms with Crippen LogP contribution in [0.25, 0.3) is 11.0 Å². The van der Waals surface area contributed by atoms with E-state index in [4.69, 9.17) is 16.9 Å². The Morgan fingerprint density at radius 2 is 2.25 bits per heavy atom. The highest BCUT2D eigenvalue weighted by Gasteiger charge is 2.14. The van der Waals surface area contributed by atoms with Crippen LogP contribution in [0.15, 0.2) is 18.2 Å². The van der Waals surface area contributed by atoms with E-state index in [9.17, 15) is 0 Å². The number of rotatable bonds is 2. The molecule has 4 heteroatoms. The summed E-state index contributed by atoms with van der Waals surface area (Å²) in [7, 11) is 0. The van der Waals surface area contributed by atoms with Crippen LogP contribution in [0.1, 0.15) is 31.3 Å². The Hall–Kier alpha value is -1.53. The van der Waals surface area contributed by atoms with Crippen LogP contribution in [0, 0.1) is 11.3 Å². The zero-order valence-corrected chi connectivity index (χ0v) is 9.99. The molecule has 0 spiro atoms. The molecule has 0 aliphatic rings. The number of imidazole rings is 1. The monoisotopic (exact) mass is 233 g/mol. The van der Waals surface area contributed by atoms with Gasteiger partial charge >= 0.3 is 0 Å². The van der Waals surface area contributed by atoms with E-state index >= 15 is 0 Å². The van der Waals surface area contributed by atoms with Gasteiger partial charge in [-0.25, -0.2) is 4.98 Å². The molecule has 1 aromatic heterocycles. The van der Waals surface area contributed by atoms with Crippen LogP contribution in [0.2, 0.25) is 0 Å². The molecule has 3 nitrogen and oxygen atoms in total. The summed E-state index contributed by atoms with van der Waals surface area (Å²) in [5, 5.41) is 9.01. The molecule has 1 aromatic carbocycles. The van der Waals surface area contributed by atoms with Gasteiger partial charge in [0.15, 0.2) is 0 Å². The van der Waals surface area contributed by atoms with Crippen molar-refractivity contribution >= 4 is 22.6 Å². The zero-order chi connectivity index (χ0) is 11.7. The van der Waals surface area contributed by atoms with Gasteiger partial charge in [-0.2, -0.15) is 5.26 Å². The molecular formula is C12H12ClN3. The molecule has 0 amide bonds. The Morgan fingerprint density at radius 1 is 1.50 bits per heavy atom. The molecule has 82 valence electrons. The highest BCUT2D eigenvalue weighted by molar-refractivity contribution is 6.16. The number of nitrogens with zero attached hydrogens (tertiary/aromatic N) is 3. The lowest BCUT2D eigenvalue weighted by Gasteiger charge is -2.11. The fraction of sp³-hybridized carbons (Fsp3) is 0.333. The summed E-state index contributed by atoms with van der Waals surface area (Å²) in [5.41, 5.74) is 2.32. The third kappa shape index (κ3) is 1.56. The second-order valence-electron chi connectivity index (χ2n) is 3.91. The average Bonchev–Trinajstić information content (AvgIpc) is 2.66. The van der Waals surface area contributed by atoms with Gasteiger partial charge in [0.1, 0.15) is 17.4 Å². The summed E-state index contributed by atoms with van der Waals surface area (Å²) < 4.78 is 2.07. The number of benzene rings is 1. The lowest BCUT2D eigenvalue weighted by molar-refractivity contribution is 0.597. The van der Waals surface area contributed by atoms with E-state index in [0.717, 1.165) is 16.9 Å². The molecule has 0 saturated heterocycles. The Bertz CT molecular complexity index is 563. The molecule has 0 radical (unpaired) electrons. The molecule has 0 unspecified atom stereocenters. The standard InChI is InChI=1S/C12H12ClN3/c1-8(2)16-10-5-3-4-9(7-14)12(10)15-11(16)6-13/h3-5,8H,6H2,1-2H3. The second-order valence-corrected chi connectivity index (χ2v) is 4.18. The fourth-order valence-corrected chi connectivity index (χ4v) is 2.11. The molecule has 0 fully saturated rings. The van der Waals surface area contributed by atoms with Crippen LogP contribution in [-0.4, -0.2) is 9.55 Å². The van der Waals surface area contributed by atoms with Gasteiger partial charge < -0.3 is 4.57 Å². The molecule has 0 aliphatic heterocycles. The summed E-state index contributed by atoms with van der Waals surface area (Å²) in [5.74, 6) is 1.17. The van der Waals surface area contributed by atoms with Crippen molar-refractivity contribution in [2.45, 2.75) is 25.8 Å². The molecule has 0 saturated carbocycles. The van der Waals surface area contributed by atoms with E-state index in [1.54, 1.807) is 6.07 Å². The van der Waals surface area contributed by atoms with Gasteiger partial charge in [-0.05, 0) is 26.0 Å². The third-order valence-electron chi connectivity index (χ3n) is 2.55. The molecule has 2 aromatic rings. The molecule has 16 heavy (non-hydrogen) atoms. The van der Waals surface area contributed by atoms with E-state index in [-0.39, 0.29) is 6.04 Å². The topological polar surface area (TPSA) is 41.6 Å². The van der Waals surface area contributed by atoms with Crippen LogP contribution < -0.4 is 0 Å². The van der Waals surface area contributed by atoms with E-state index in [1.807, 2.05) is 12.1 Å². The van der Waals surface area contributed by atoms with Crippen LogP contribution in [-0.2, 0) is 5.88 Å². The number of hydrogen-bond donors (Lipinski definition) is 0. The maximum atomic E-state index is 9.01. The number of hydrogen-bond acceptors (Lipinski definition) is 2. The minimum absolute atomic E-state index is 0.285. The minimum atomic E-state index is 0.285. The molecule has 0 N–H and O–H groups in total. The summed E-state index contributed by atoms with van der Waals surface area (Å²) in [6, 6.07) is 8.06. The van der Waals surface area contributed by atoms with Crippen molar-refractivity contribution in [1.82, 2.24) is 9.55 Å². The molecular weight excluding hydrogens is 222 g/mol. The van der Waals surface area contributed by atoms with Crippen LogP contribution in [0.5, 0.6) is 0 Å². The van der Waals surface area contributed by atoms with Crippen molar-refractivity contribution < 1.29 is 0 Å². The predicted molar refractivity (Wildman–Crippen MR) is 64.4 cm³/mol. The first-order valence-corrected chi connectivity index (χ1v) is 5.68. The molecule has 1 heterocycles. The van der Waals surface area contributed by atoms with Crippen LogP contribution >= 0.6 is 11.6 Å². The number of fused-ring (bicyclic) bond motifs is 1. The zero-order valence-electron chi connectivity index (χ0n) is 9.24. The molecule has 0 bridgehead atoms. The van der Waals surface area contributed by atoms with Gasteiger partial charge in [0, 0.05) is 6.04 Å². The lowest BCUT2D eigenvalue weighted by Crippen LogP contribution is -2.04. The first kappa shape index (κ1) is 11.0. The Labute approximate surface area is 99.3 Å². The van der Waals surface area contributed by atoms with Crippen molar-refractivity contribution in [3.8, 4) is 6.07 Å². The van der Waals surface area contributed by atoms with E-state index in [2.05, 4.69) is 29.5 Å². The van der Waals surface area contributed by atoms with Crippen molar-refractivity contribution in [3.05, 3.63) is 29.6 Å². The number of alkyl halides is 1. The quantitative estimate of drug-likeness (QED) is 0.748. The van der Waals surface area contributed by atoms with Crippen LogP contribution in [0.4, 0.5) is 0 Å². The Morgan fingerprint density at radius 3 is 2.81 bits per heavy atom.